The van der Waals surface area contributed by atoms with Crippen molar-refractivity contribution in [1.82, 2.24) is 5.01 Å². The van der Waals surface area contributed by atoms with E-state index in [4.69, 9.17) is 11.6 Å². The Morgan fingerprint density at radius 1 is 1.00 bits per heavy atom. The first-order chi connectivity index (χ1) is 15.9. The monoisotopic (exact) mass is 461 g/mol. The Morgan fingerprint density at radius 3 is 2.42 bits per heavy atom. The van der Waals surface area contributed by atoms with Crippen LogP contribution in [0.1, 0.15) is 33.9 Å². The lowest BCUT2D eigenvalue weighted by Crippen LogP contribution is -2.40. The molecule has 0 radical (unpaired) electrons. The molecule has 0 fully saturated rings. The van der Waals surface area contributed by atoms with E-state index < -0.39 is 23.6 Å². The van der Waals surface area contributed by atoms with Gasteiger partial charge in [-0.25, -0.2) is 9.40 Å². The van der Waals surface area contributed by atoms with Crippen LogP contribution < -0.4 is 4.90 Å². The number of carbonyl (C=O) groups excluding carboxylic acids is 3. The standard InChI is InChI=1S/C25H17ClFN3O3/c26-17-9-5-16(6-10-17)22-13-20(15-7-11-18(27)12-8-15)28-30(22)23(31)14-29-21-4-2-1-3-19(21)24(32)25(29)33/h1-12,22H,13-14H2. The maximum atomic E-state index is 13.4. The van der Waals surface area contributed by atoms with Crippen molar-refractivity contribution in [3.05, 3.63) is 100 Å². The van der Waals surface area contributed by atoms with Crippen molar-refractivity contribution < 1.29 is 18.8 Å². The number of rotatable bonds is 4. The number of fused-ring (bicyclic) bond motifs is 1. The fourth-order valence-electron chi connectivity index (χ4n) is 4.11. The predicted octanol–water partition coefficient (Wildman–Crippen LogP) is 4.39. The number of Topliss-reactive ketones (excluding diaryl/α,β-unsaturated/α-hetero) is 1. The minimum Gasteiger partial charge on any atom is -0.295 e. The van der Waals surface area contributed by atoms with Crippen molar-refractivity contribution in [1.29, 1.82) is 0 Å². The van der Waals surface area contributed by atoms with Crippen LogP contribution in [0.25, 0.3) is 0 Å². The molecule has 0 saturated carbocycles. The zero-order valence-corrected chi connectivity index (χ0v) is 18.0. The quantitative estimate of drug-likeness (QED) is 0.541. The molecule has 8 heteroatoms. The summed E-state index contributed by atoms with van der Waals surface area (Å²) in [6, 6.07) is 19.1. The third kappa shape index (κ3) is 3.81. The first-order valence-corrected chi connectivity index (χ1v) is 10.7. The van der Waals surface area contributed by atoms with E-state index in [1.165, 1.54) is 22.0 Å². The van der Waals surface area contributed by atoms with Crippen LogP contribution in [0.2, 0.25) is 5.02 Å². The van der Waals surface area contributed by atoms with E-state index >= 15 is 0 Å². The van der Waals surface area contributed by atoms with Crippen molar-refractivity contribution in [2.45, 2.75) is 12.5 Å². The van der Waals surface area contributed by atoms with Crippen LogP contribution in [0, 0.1) is 5.82 Å². The fourth-order valence-corrected chi connectivity index (χ4v) is 4.24. The summed E-state index contributed by atoms with van der Waals surface area (Å²) < 4.78 is 13.4. The lowest BCUT2D eigenvalue weighted by atomic mass is 9.98. The van der Waals surface area contributed by atoms with E-state index in [0.717, 1.165) is 5.56 Å². The summed E-state index contributed by atoms with van der Waals surface area (Å²) >= 11 is 6.03. The molecule has 0 saturated heterocycles. The number of halogens is 2. The summed E-state index contributed by atoms with van der Waals surface area (Å²) in [4.78, 5) is 39.4. The smallest absolute Gasteiger partial charge is 0.295 e. The number of hydrazone groups is 1. The van der Waals surface area contributed by atoms with Crippen LogP contribution >= 0.6 is 11.6 Å². The number of anilines is 1. The van der Waals surface area contributed by atoms with Crippen LogP contribution in [0.15, 0.2) is 77.9 Å². The van der Waals surface area contributed by atoms with Gasteiger partial charge < -0.3 is 0 Å². The minimum atomic E-state index is -0.741. The molecule has 6 nitrogen and oxygen atoms in total. The van der Waals surface area contributed by atoms with Gasteiger partial charge in [0, 0.05) is 11.4 Å². The van der Waals surface area contributed by atoms with E-state index in [2.05, 4.69) is 5.10 Å². The van der Waals surface area contributed by atoms with Crippen LogP contribution in [-0.4, -0.2) is 34.9 Å². The Morgan fingerprint density at radius 2 is 1.70 bits per heavy atom. The van der Waals surface area contributed by atoms with Crippen LogP contribution in [0.5, 0.6) is 0 Å². The second-order valence-electron chi connectivity index (χ2n) is 7.80. The summed E-state index contributed by atoms with van der Waals surface area (Å²) in [5.74, 6) is -2.18. The molecule has 3 aromatic carbocycles. The maximum absolute atomic E-state index is 13.4. The molecule has 1 unspecified atom stereocenters. The number of carbonyl (C=O) groups is 3. The molecular formula is C25H17ClFN3O3. The Kier molecular flexibility index (Phi) is 5.26. The lowest BCUT2D eigenvalue weighted by molar-refractivity contribution is -0.132. The van der Waals surface area contributed by atoms with Gasteiger partial charge >= 0.3 is 0 Å². The highest BCUT2D eigenvalue weighted by Crippen LogP contribution is 2.35. The predicted molar refractivity (Wildman–Crippen MR) is 122 cm³/mol. The summed E-state index contributed by atoms with van der Waals surface area (Å²) in [6.45, 7) is -0.328. The average Bonchev–Trinajstić information content (AvgIpc) is 3.37. The molecule has 0 spiro atoms. The van der Waals surface area contributed by atoms with E-state index in [1.807, 2.05) is 12.1 Å². The summed E-state index contributed by atoms with van der Waals surface area (Å²) in [6.07, 6.45) is 0.405. The second kappa shape index (κ2) is 8.26. The summed E-state index contributed by atoms with van der Waals surface area (Å²) in [5.41, 5.74) is 2.82. The fraction of sp³-hybridized carbons (Fsp3) is 0.120. The first-order valence-electron chi connectivity index (χ1n) is 10.3. The topological polar surface area (TPSA) is 70.1 Å². The van der Waals surface area contributed by atoms with E-state index in [1.54, 1.807) is 48.5 Å². The molecule has 33 heavy (non-hydrogen) atoms. The molecule has 5 rings (SSSR count). The van der Waals surface area contributed by atoms with Crippen molar-refractivity contribution >= 4 is 40.6 Å². The summed E-state index contributed by atoms with van der Waals surface area (Å²) in [7, 11) is 0. The molecule has 0 aliphatic carbocycles. The van der Waals surface area contributed by atoms with Gasteiger partial charge in [-0.3, -0.25) is 19.3 Å². The molecular weight excluding hydrogens is 445 g/mol. The molecule has 2 heterocycles. The van der Waals surface area contributed by atoms with Gasteiger partial charge in [0.25, 0.3) is 17.6 Å². The molecule has 0 aromatic heterocycles. The normalized spacial score (nSPS) is 17.4. The number of benzene rings is 3. The van der Waals surface area contributed by atoms with Crippen LogP contribution in [0.3, 0.4) is 0 Å². The van der Waals surface area contributed by atoms with Gasteiger partial charge in [-0.15, -0.1) is 0 Å². The lowest BCUT2D eigenvalue weighted by Gasteiger charge is -2.24. The number of hydrogen-bond donors (Lipinski definition) is 0. The number of nitrogens with zero attached hydrogens (tertiary/aromatic N) is 3. The van der Waals surface area contributed by atoms with E-state index in [0.29, 0.717) is 28.4 Å². The van der Waals surface area contributed by atoms with Gasteiger partial charge in [-0.1, -0.05) is 48.0 Å². The van der Waals surface area contributed by atoms with E-state index in [-0.39, 0.29) is 17.9 Å². The van der Waals surface area contributed by atoms with E-state index in [9.17, 15) is 18.8 Å². The molecule has 2 amide bonds. The van der Waals surface area contributed by atoms with Crippen molar-refractivity contribution in [3.63, 3.8) is 0 Å². The highest BCUT2D eigenvalue weighted by Gasteiger charge is 2.39. The molecule has 0 N–H and O–H groups in total. The molecule has 164 valence electrons. The number of ketones is 1. The highest BCUT2D eigenvalue weighted by molar-refractivity contribution is 6.52. The third-order valence-electron chi connectivity index (χ3n) is 5.77. The molecule has 2 aliphatic rings. The van der Waals surface area contributed by atoms with Crippen LogP contribution in [-0.2, 0) is 9.59 Å². The maximum Gasteiger partial charge on any atom is 0.299 e. The van der Waals surface area contributed by atoms with Gasteiger partial charge in [0.1, 0.15) is 12.4 Å². The Balaban J connectivity index is 1.47. The first kappa shape index (κ1) is 21.0. The number of amides is 2. The molecule has 3 aromatic rings. The molecule has 2 aliphatic heterocycles. The largest absolute Gasteiger partial charge is 0.299 e. The SMILES string of the molecule is O=C1C(=O)N(CC(=O)N2N=C(c3ccc(F)cc3)CC2c2ccc(Cl)cc2)c2ccccc21. The number of para-hydroxylation sites is 1. The number of hydrogen-bond acceptors (Lipinski definition) is 4. The highest BCUT2D eigenvalue weighted by atomic mass is 35.5. The Labute approximate surface area is 193 Å². The second-order valence-corrected chi connectivity index (χ2v) is 8.24. The Bertz CT molecular complexity index is 1310. The minimum absolute atomic E-state index is 0.279. The van der Waals surface area contributed by atoms with Gasteiger partial charge in [-0.05, 0) is 47.5 Å². The average molecular weight is 462 g/mol. The van der Waals surface area contributed by atoms with Gasteiger partial charge in [0.05, 0.1) is 23.0 Å². The van der Waals surface area contributed by atoms with Gasteiger partial charge in [0.15, 0.2) is 0 Å². The van der Waals surface area contributed by atoms with Crippen molar-refractivity contribution in [2.75, 3.05) is 11.4 Å². The summed E-state index contributed by atoms with van der Waals surface area (Å²) in [5, 5.41) is 6.43. The van der Waals surface area contributed by atoms with Gasteiger partial charge in [-0.2, -0.15) is 5.10 Å². The zero-order valence-electron chi connectivity index (χ0n) is 17.2. The van der Waals surface area contributed by atoms with Crippen molar-refractivity contribution in [2.24, 2.45) is 5.10 Å². The third-order valence-corrected chi connectivity index (χ3v) is 6.02. The van der Waals surface area contributed by atoms with Crippen LogP contribution in [0.4, 0.5) is 10.1 Å². The molecule has 0 bridgehead atoms. The Hall–Kier alpha value is -3.84. The van der Waals surface area contributed by atoms with Gasteiger partial charge in [0.2, 0.25) is 0 Å². The zero-order chi connectivity index (χ0) is 23.1. The van der Waals surface area contributed by atoms with Crippen molar-refractivity contribution in [3.8, 4) is 0 Å². The molecule has 1 atom stereocenters.